The lowest BCUT2D eigenvalue weighted by Gasteiger charge is -2.33. The molecule has 3 aromatic carbocycles. The molecule has 0 aliphatic carbocycles. The molecule has 0 heterocycles. The van der Waals surface area contributed by atoms with Gasteiger partial charge in [-0.25, -0.2) is 8.42 Å². The number of nitrogens with one attached hydrogen (secondary N) is 1. The predicted octanol–water partition coefficient (Wildman–Crippen LogP) is 3.81. The van der Waals surface area contributed by atoms with Crippen LogP contribution in [0, 0.1) is 6.92 Å². The first-order chi connectivity index (χ1) is 18.0. The van der Waals surface area contributed by atoms with Crippen LogP contribution in [0.15, 0.2) is 72.8 Å². The topological polar surface area (TPSA) is 96.0 Å². The minimum Gasteiger partial charge on any atom is -0.497 e. The normalized spacial score (nSPS) is 11.9. The molecule has 0 bridgehead atoms. The average Bonchev–Trinajstić information content (AvgIpc) is 2.89. The van der Waals surface area contributed by atoms with Crippen LogP contribution in [0.4, 0.5) is 5.69 Å². The highest BCUT2D eigenvalue weighted by Crippen LogP contribution is 2.26. The number of ether oxygens (including phenoxy) is 1. The highest BCUT2D eigenvalue weighted by molar-refractivity contribution is 7.92. The minimum absolute atomic E-state index is 0.0676. The highest BCUT2D eigenvalue weighted by atomic mass is 35.5. The van der Waals surface area contributed by atoms with Gasteiger partial charge in [-0.1, -0.05) is 54.1 Å². The zero-order chi connectivity index (χ0) is 27.9. The van der Waals surface area contributed by atoms with E-state index in [1.807, 2.05) is 36.4 Å². The van der Waals surface area contributed by atoms with Gasteiger partial charge in [-0.15, -0.1) is 0 Å². The number of likely N-dealkylation sites (N-methyl/N-ethyl adjacent to an activating group) is 1. The summed E-state index contributed by atoms with van der Waals surface area (Å²) < 4.78 is 32.1. The van der Waals surface area contributed by atoms with E-state index >= 15 is 0 Å². The van der Waals surface area contributed by atoms with Crippen molar-refractivity contribution in [2.45, 2.75) is 25.9 Å². The Bertz CT molecular complexity index is 1380. The number of benzene rings is 3. The van der Waals surface area contributed by atoms with Crippen LogP contribution in [0.25, 0.3) is 0 Å². The number of hydrogen-bond acceptors (Lipinski definition) is 5. The van der Waals surface area contributed by atoms with Crippen LogP contribution in [0.5, 0.6) is 5.75 Å². The van der Waals surface area contributed by atoms with E-state index in [1.54, 1.807) is 50.4 Å². The zero-order valence-electron chi connectivity index (χ0n) is 21.8. The lowest BCUT2D eigenvalue weighted by atomic mass is 10.0. The molecule has 0 aliphatic rings. The standard InChI is InChI=1S/C28H32ClN3O5S/c1-20-15-23(29)13-14-25(20)32(38(4,35)36)19-27(33)31(18-22-11-8-12-24(16-22)37-3)26(28(34)30-2)17-21-9-6-5-7-10-21/h5-16,26H,17-19H2,1-4H3,(H,30,34)/t26-/m1/s1. The average molecular weight is 558 g/mol. The van der Waals surface area contributed by atoms with Crippen LogP contribution in [-0.2, 0) is 32.6 Å². The molecule has 0 spiro atoms. The molecular formula is C28H32ClN3O5S. The van der Waals surface area contributed by atoms with Gasteiger partial charge < -0.3 is 15.0 Å². The Balaban J connectivity index is 2.05. The molecule has 1 N–H and O–H groups in total. The SMILES string of the molecule is CNC(=O)[C@@H](Cc1ccccc1)N(Cc1cccc(OC)c1)C(=O)CN(c1ccc(Cl)cc1C)S(C)(=O)=O. The van der Waals surface area contributed by atoms with Gasteiger partial charge in [0.2, 0.25) is 21.8 Å². The fourth-order valence-corrected chi connectivity index (χ4v) is 5.32. The van der Waals surface area contributed by atoms with E-state index in [2.05, 4.69) is 5.32 Å². The molecule has 0 aromatic heterocycles. The molecule has 0 saturated heterocycles. The molecule has 2 amide bonds. The summed E-state index contributed by atoms with van der Waals surface area (Å²) in [6, 6.07) is 20.4. The summed E-state index contributed by atoms with van der Waals surface area (Å²) in [6.45, 7) is 1.30. The maximum atomic E-state index is 13.9. The first kappa shape index (κ1) is 29.0. The number of carbonyl (C=O) groups excluding carboxylic acids is 2. The lowest BCUT2D eigenvalue weighted by molar-refractivity contribution is -0.139. The van der Waals surface area contributed by atoms with E-state index in [0.717, 1.165) is 21.7 Å². The molecule has 10 heteroatoms. The molecule has 1 atom stereocenters. The van der Waals surface area contributed by atoms with Crippen LogP contribution in [-0.4, -0.2) is 58.1 Å². The molecule has 202 valence electrons. The van der Waals surface area contributed by atoms with Crippen molar-refractivity contribution in [1.82, 2.24) is 10.2 Å². The molecule has 0 unspecified atom stereocenters. The van der Waals surface area contributed by atoms with Gasteiger partial charge in [-0.3, -0.25) is 13.9 Å². The number of hydrogen-bond donors (Lipinski definition) is 1. The summed E-state index contributed by atoms with van der Waals surface area (Å²) in [6.07, 6.45) is 1.29. The Morgan fingerprint density at radius 2 is 1.68 bits per heavy atom. The molecule has 0 saturated carbocycles. The third-order valence-electron chi connectivity index (χ3n) is 6.11. The van der Waals surface area contributed by atoms with Gasteiger partial charge in [-0.2, -0.15) is 0 Å². The Morgan fingerprint density at radius 3 is 2.29 bits per heavy atom. The second kappa shape index (κ2) is 12.8. The van der Waals surface area contributed by atoms with Gasteiger partial charge in [0, 0.05) is 25.0 Å². The smallest absolute Gasteiger partial charge is 0.244 e. The van der Waals surface area contributed by atoms with E-state index in [9.17, 15) is 18.0 Å². The number of sulfonamides is 1. The number of carbonyl (C=O) groups is 2. The molecule has 38 heavy (non-hydrogen) atoms. The van der Waals surface area contributed by atoms with Gasteiger partial charge >= 0.3 is 0 Å². The van der Waals surface area contributed by atoms with Crippen LogP contribution in [0.3, 0.4) is 0 Å². The van der Waals surface area contributed by atoms with Crippen molar-refractivity contribution in [1.29, 1.82) is 0 Å². The van der Waals surface area contributed by atoms with Crippen molar-refractivity contribution >= 4 is 39.1 Å². The molecule has 0 radical (unpaired) electrons. The van der Waals surface area contributed by atoms with Gasteiger partial charge in [0.25, 0.3) is 0 Å². The predicted molar refractivity (Wildman–Crippen MR) is 150 cm³/mol. The zero-order valence-corrected chi connectivity index (χ0v) is 23.4. The molecule has 3 rings (SSSR count). The number of methoxy groups -OCH3 is 1. The van der Waals surface area contributed by atoms with Crippen molar-refractivity contribution in [2.24, 2.45) is 0 Å². The van der Waals surface area contributed by atoms with Crippen molar-refractivity contribution in [3.05, 3.63) is 94.5 Å². The summed E-state index contributed by atoms with van der Waals surface area (Å²) >= 11 is 6.08. The molecular weight excluding hydrogens is 526 g/mol. The van der Waals surface area contributed by atoms with E-state index in [-0.39, 0.29) is 18.9 Å². The van der Waals surface area contributed by atoms with Crippen LogP contribution >= 0.6 is 11.6 Å². The Kier molecular flexibility index (Phi) is 9.77. The third-order valence-corrected chi connectivity index (χ3v) is 7.47. The fourth-order valence-electron chi connectivity index (χ4n) is 4.18. The minimum atomic E-state index is -3.85. The Morgan fingerprint density at radius 1 is 1.00 bits per heavy atom. The first-order valence-electron chi connectivity index (χ1n) is 11.9. The van der Waals surface area contributed by atoms with Gasteiger partial charge in [0.1, 0.15) is 18.3 Å². The highest BCUT2D eigenvalue weighted by Gasteiger charge is 2.33. The fraction of sp³-hybridized carbons (Fsp3) is 0.286. The first-order valence-corrected chi connectivity index (χ1v) is 14.2. The summed E-state index contributed by atoms with van der Waals surface area (Å²) in [7, 11) is -0.800. The van der Waals surface area contributed by atoms with E-state index in [4.69, 9.17) is 16.3 Å². The third kappa shape index (κ3) is 7.49. The van der Waals surface area contributed by atoms with Crippen molar-refractivity contribution in [3.8, 4) is 5.75 Å². The molecule has 0 aliphatic heterocycles. The Hall–Kier alpha value is -3.56. The van der Waals surface area contributed by atoms with Crippen molar-refractivity contribution in [3.63, 3.8) is 0 Å². The van der Waals surface area contributed by atoms with Crippen molar-refractivity contribution < 1.29 is 22.7 Å². The number of anilines is 1. The number of halogens is 1. The Labute approximate surface area is 229 Å². The summed E-state index contributed by atoms with van der Waals surface area (Å²) in [4.78, 5) is 28.5. The second-order valence-corrected chi connectivity index (χ2v) is 11.2. The van der Waals surface area contributed by atoms with E-state index in [0.29, 0.717) is 22.0 Å². The quantitative estimate of drug-likeness (QED) is 0.387. The van der Waals surface area contributed by atoms with E-state index < -0.39 is 28.5 Å². The lowest BCUT2D eigenvalue weighted by Crippen LogP contribution is -2.53. The summed E-state index contributed by atoms with van der Waals surface area (Å²) in [5.74, 6) is -0.292. The molecule has 0 fully saturated rings. The maximum absolute atomic E-state index is 13.9. The monoisotopic (exact) mass is 557 g/mol. The number of nitrogens with zero attached hydrogens (tertiary/aromatic N) is 2. The second-order valence-electron chi connectivity index (χ2n) is 8.89. The van der Waals surface area contributed by atoms with Crippen LogP contribution in [0.2, 0.25) is 5.02 Å². The van der Waals surface area contributed by atoms with Gasteiger partial charge in [0.05, 0.1) is 19.1 Å². The number of rotatable bonds is 11. The van der Waals surface area contributed by atoms with Crippen LogP contribution < -0.4 is 14.4 Å². The summed E-state index contributed by atoms with van der Waals surface area (Å²) in [5, 5.41) is 3.11. The van der Waals surface area contributed by atoms with Crippen molar-refractivity contribution in [2.75, 3.05) is 31.3 Å². The molecule has 8 nitrogen and oxygen atoms in total. The number of aryl methyl sites for hydroxylation is 1. The molecule has 3 aromatic rings. The van der Waals surface area contributed by atoms with Crippen LogP contribution in [0.1, 0.15) is 16.7 Å². The number of amides is 2. The summed E-state index contributed by atoms with van der Waals surface area (Å²) in [5.41, 5.74) is 2.53. The van der Waals surface area contributed by atoms with Gasteiger partial charge in [0.15, 0.2) is 0 Å². The maximum Gasteiger partial charge on any atom is 0.244 e. The van der Waals surface area contributed by atoms with Gasteiger partial charge in [-0.05, 0) is 53.9 Å². The largest absolute Gasteiger partial charge is 0.497 e. The van der Waals surface area contributed by atoms with E-state index in [1.165, 1.54) is 11.9 Å².